The van der Waals surface area contributed by atoms with Gasteiger partial charge in [0.1, 0.15) is 5.01 Å². The summed E-state index contributed by atoms with van der Waals surface area (Å²) < 4.78 is 27.0. The Bertz CT molecular complexity index is 998. The van der Waals surface area contributed by atoms with Gasteiger partial charge >= 0.3 is 0 Å². The number of amides is 1. The van der Waals surface area contributed by atoms with Crippen molar-refractivity contribution < 1.29 is 13.2 Å². The molecule has 2 aliphatic rings. The molecule has 168 valence electrons. The largest absolute Gasteiger partial charge is 0.299 e. The molecule has 2 aromatic rings. The maximum absolute atomic E-state index is 12.8. The lowest BCUT2D eigenvalue weighted by Crippen LogP contribution is -2.50. The Hall–Kier alpha value is -1.59. The second kappa shape index (κ2) is 9.91. The Morgan fingerprint density at radius 2 is 1.74 bits per heavy atom. The molecule has 0 radical (unpaired) electrons. The van der Waals surface area contributed by atoms with Gasteiger partial charge in [0.05, 0.1) is 11.4 Å². The maximum Gasteiger partial charge on any atom is 0.243 e. The average Bonchev–Trinajstić information content (AvgIpc) is 3.23. The quantitative estimate of drug-likeness (QED) is 0.678. The molecule has 0 spiro atoms. The van der Waals surface area contributed by atoms with Crippen LogP contribution in [0.4, 0.5) is 5.13 Å². The standard InChI is InChI=1S/C20H26ClN5O3S2/c21-16-6-8-17(9-7-16)31(28,29)26-12-10-25(11-13-26)14-18(27)22-20-24-23-19(30-20)15-4-2-1-3-5-15/h6-9,15H,1-5,10-14H2,(H,22,24,27). The summed E-state index contributed by atoms with van der Waals surface area (Å²) in [5, 5.41) is 13.3. The number of hydrogen-bond donors (Lipinski definition) is 1. The van der Waals surface area contributed by atoms with Gasteiger partial charge in [-0.05, 0) is 37.1 Å². The van der Waals surface area contributed by atoms with E-state index in [1.165, 1.54) is 47.0 Å². The van der Waals surface area contributed by atoms with Crippen LogP contribution in [0.5, 0.6) is 0 Å². The molecule has 1 saturated carbocycles. The molecule has 0 unspecified atom stereocenters. The molecule has 4 rings (SSSR count). The smallest absolute Gasteiger partial charge is 0.243 e. The number of nitrogens with zero attached hydrogens (tertiary/aromatic N) is 4. The van der Waals surface area contributed by atoms with Gasteiger partial charge in [0.25, 0.3) is 0 Å². The highest BCUT2D eigenvalue weighted by molar-refractivity contribution is 7.89. The Labute approximate surface area is 191 Å². The first-order chi connectivity index (χ1) is 14.9. The van der Waals surface area contributed by atoms with Crippen molar-refractivity contribution in [1.82, 2.24) is 19.4 Å². The molecule has 0 atom stereocenters. The van der Waals surface area contributed by atoms with Crippen LogP contribution in [0.3, 0.4) is 0 Å². The van der Waals surface area contributed by atoms with Crippen molar-refractivity contribution in [1.29, 1.82) is 0 Å². The summed E-state index contributed by atoms with van der Waals surface area (Å²) in [5.74, 6) is 0.313. The molecule has 2 heterocycles. The van der Waals surface area contributed by atoms with Crippen molar-refractivity contribution in [2.45, 2.75) is 42.9 Å². The third-order valence-corrected chi connectivity index (χ3v) is 8.96. The van der Waals surface area contributed by atoms with E-state index >= 15 is 0 Å². The molecule has 1 amide bonds. The SMILES string of the molecule is O=C(CN1CCN(S(=O)(=O)c2ccc(Cl)cc2)CC1)Nc1nnc(C2CCCCC2)s1. The predicted octanol–water partition coefficient (Wildman–Crippen LogP) is 3.18. The Kier molecular flexibility index (Phi) is 7.22. The second-order valence-electron chi connectivity index (χ2n) is 7.96. The fourth-order valence-electron chi connectivity index (χ4n) is 4.05. The first-order valence-electron chi connectivity index (χ1n) is 10.5. The number of piperazine rings is 1. The first-order valence-corrected chi connectivity index (χ1v) is 13.2. The molecule has 1 aromatic heterocycles. The molecule has 1 aliphatic heterocycles. The molecule has 31 heavy (non-hydrogen) atoms. The van der Waals surface area contributed by atoms with E-state index in [4.69, 9.17) is 11.6 Å². The van der Waals surface area contributed by atoms with Crippen LogP contribution >= 0.6 is 22.9 Å². The van der Waals surface area contributed by atoms with Gasteiger partial charge in [-0.15, -0.1) is 10.2 Å². The fourth-order valence-corrected chi connectivity index (χ4v) is 6.52. The zero-order valence-electron chi connectivity index (χ0n) is 17.2. The van der Waals surface area contributed by atoms with E-state index < -0.39 is 10.0 Å². The van der Waals surface area contributed by atoms with Gasteiger partial charge < -0.3 is 0 Å². The second-order valence-corrected chi connectivity index (χ2v) is 11.3. The number of sulfonamides is 1. The van der Waals surface area contributed by atoms with Crippen LogP contribution in [-0.4, -0.2) is 66.5 Å². The summed E-state index contributed by atoms with van der Waals surface area (Å²) in [6, 6.07) is 6.17. The minimum absolute atomic E-state index is 0.152. The minimum atomic E-state index is -3.56. The Morgan fingerprint density at radius 1 is 1.06 bits per heavy atom. The lowest BCUT2D eigenvalue weighted by molar-refractivity contribution is -0.117. The van der Waals surface area contributed by atoms with Gasteiger partial charge in [-0.3, -0.25) is 15.0 Å². The summed E-state index contributed by atoms with van der Waals surface area (Å²) in [5.41, 5.74) is 0. The lowest BCUT2D eigenvalue weighted by Gasteiger charge is -2.33. The maximum atomic E-state index is 12.8. The molecule has 1 N–H and O–H groups in total. The van der Waals surface area contributed by atoms with E-state index in [2.05, 4.69) is 15.5 Å². The fraction of sp³-hybridized carbons (Fsp3) is 0.550. The normalized spacial score (nSPS) is 19.4. The van der Waals surface area contributed by atoms with E-state index in [-0.39, 0.29) is 17.3 Å². The van der Waals surface area contributed by atoms with E-state index in [9.17, 15) is 13.2 Å². The van der Waals surface area contributed by atoms with Crippen LogP contribution in [0.25, 0.3) is 0 Å². The van der Waals surface area contributed by atoms with Gasteiger partial charge in [0.15, 0.2) is 0 Å². The first kappa shape index (κ1) is 22.6. The number of halogens is 1. The number of benzene rings is 1. The summed E-state index contributed by atoms with van der Waals surface area (Å²) in [6.07, 6.45) is 6.03. The topological polar surface area (TPSA) is 95.5 Å². The number of hydrogen-bond acceptors (Lipinski definition) is 7. The summed E-state index contributed by atoms with van der Waals surface area (Å²) in [4.78, 5) is 14.6. The lowest BCUT2D eigenvalue weighted by atomic mass is 9.90. The van der Waals surface area contributed by atoms with E-state index in [0.717, 1.165) is 17.8 Å². The van der Waals surface area contributed by atoms with Crippen molar-refractivity contribution in [3.63, 3.8) is 0 Å². The number of anilines is 1. The molecule has 8 nitrogen and oxygen atoms in total. The summed E-state index contributed by atoms with van der Waals surface area (Å²) in [7, 11) is -3.56. The molecule has 1 aromatic carbocycles. The van der Waals surface area contributed by atoms with E-state index in [1.54, 1.807) is 12.1 Å². The van der Waals surface area contributed by atoms with Gasteiger partial charge in [-0.2, -0.15) is 4.31 Å². The van der Waals surface area contributed by atoms with Crippen LogP contribution in [0.15, 0.2) is 29.2 Å². The molecule has 1 aliphatic carbocycles. The molecule has 0 bridgehead atoms. The molecular formula is C20H26ClN5O3S2. The highest BCUT2D eigenvalue weighted by atomic mass is 35.5. The zero-order chi connectivity index (χ0) is 21.8. The summed E-state index contributed by atoms with van der Waals surface area (Å²) >= 11 is 7.32. The van der Waals surface area contributed by atoms with Gasteiger partial charge in [-0.25, -0.2) is 8.42 Å². The monoisotopic (exact) mass is 483 g/mol. The van der Waals surface area contributed by atoms with Gasteiger partial charge in [-0.1, -0.05) is 42.2 Å². The number of nitrogens with one attached hydrogen (secondary N) is 1. The van der Waals surface area contributed by atoms with Crippen molar-refractivity contribution in [2.24, 2.45) is 0 Å². The van der Waals surface area contributed by atoms with Crippen molar-refractivity contribution in [2.75, 3.05) is 38.0 Å². The number of carbonyl (C=O) groups is 1. The number of aromatic nitrogens is 2. The van der Waals surface area contributed by atoms with Crippen LogP contribution < -0.4 is 5.32 Å². The van der Waals surface area contributed by atoms with Crippen molar-refractivity contribution in [3.8, 4) is 0 Å². The van der Waals surface area contributed by atoms with Crippen molar-refractivity contribution >= 4 is 44.0 Å². The summed E-state index contributed by atoms with van der Waals surface area (Å²) in [6.45, 7) is 1.85. The third kappa shape index (κ3) is 5.61. The minimum Gasteiger partial charge on any atom is -0.299 e. The van der Waals surface area contributed by atoms with Crippen LogP contribution in [0.2, 0.25) is 5.02 Å². The van der Waals surface area contributed by atoms with Crippen LogP contribution in [0, 0.1) is 0 Å². The highest BCUT2D eigenvalue weighted by Crippen LogP contribution is 2.35. The third-order valence-electron chi connectivity index (χ3n) is 5.79. The van der Waals surface area contributed by atoms with Crippen molar-refractivity contribution in [3.05, 3.63) is 34.3 Å². The highest BCUT2D eigenvalue weighted by Gasteiger charge is 2.29. The van der Waals surface area contributed by atoms with Crippen LogP contribution in [0.1, 0.15) is 43.0 Å². The van der Waals surface area contributed by atoms with E-state index in [1.807, 2.05) is 4.90 Å². The average molecular weight is 484 g/mol. The number of rotatable bonds is 6. The molecular weight excluding hydrogens is 458 g/mol. The van der Waals surface area contributed by atoms with Crippen LogP contribution in [-0.2, 0) is 14.8 Å². The Morgan fingerprint density at radius 3 is 2.42 bits per heavy atom. The molecule has 11 heteroatoms. The predicted molar refractivity (Wildman–Crippen MR) is 121 cm³/mol. The van der Waals surface area contributed by atoms with Gasteiger partial charge in [0.2, 0.25) is 21.1 Å². The van der Waals surface area contributed by atoms with E-state index in [0.29, 0.717) is 42.3 Å². The zero-order valence-corrected chi connectivity index (χ0v) is 19.6. The van der Waals surface area contributed by atoms with Gasteiger partial charge in [0, 0.05) is 37.1 Å². The number of carbonyl (C=O) groups excluding carboxylic acids is 1. The Balaban J connectivity index is 1.26. The molecule has 1 saturated heterocycles. The molecule has 2 fully saturated rings.